The minimum atomic E-state index is -4.58. The number of benzene rings is 2. The van der Waals surface area contributed by atoms with Crippen LogP contribution in [0.1, 0.15) is 22.5 Å². The number of hydrogen-bond donors (Lipinski definition) is 0. The van der Waals surface area contributed by atoms with Gasteiger partial charge in [-0.05, 0) is 18.6 Å². The highest BCUT2D eigenvalue weighted by Gasteiger charge is 2.29. The first-order valence-corrected chi connectivity index (χ1v) is 9.88. The fourth-order valence-electron chi connectivity index (χ4n) is 3.07. The van der Waals surface area contributed by atoms with Gasteiger partial charge in [0.25, 0.3) is 11.6 Å². The molecule has 0 unspecified atom stereocenters. The Hall–Kier alpha value is -3.89. The average molecular weight is 463 g/mol. The number of alkyl halides is 3. The van der Waals surface area contributed by atoms with Crippen LogP contribution in [-0.4, -0.2) is 47.3 Å². The summed E-state index contributed by atoms with van der Waals surface area (Å²) in [5, 5.41) is 15.3. The summed E-state index contributed by atoms with van der Waals surface area (Å²) in [6.07, 6.45) is -3.64. The van der Waals surface area contributed by atoms with Crippen LogP contribution in [0, 0.1) is 10.1 Å². The topological polar surface area (TPSA) is 98.7 Å². The van der Waals surface area contributed by atoms with Gasteiger partial charge in [-0.2, -0.15) is 13.2 Å². The normalized spacial score (nSPS) is 11.3. The van der Waals surface area contributed by atoms with E-state index in [-0.39, 0.29) is 17.9 Å². The van der Waals surface area contributed by atoms with Gasteiger partial charge < -0.3 is 14.2 Å². The predicted octanol–water partition coefficient (Wildman–Crippen LogP) is 4.90. The zero-order valence-electron chi connectivity index (χ0n) is 17.5. The molecule has 1 amide bonds. The van der Waals surface area contributed by atoms with E-state index in [0.29, 0.717) is 24.3 Å². The van der Waals surface area contributed by atoms with E-state index in [1.54, 1.807) is 6.07 Å². The van der Waals surface area contributed by atoms with Crippen molar-refractivity contribution in [1.82, 2.24) is 10.1 Å². The van der Waals surface area contributed by atoms with E-state index in [0.717, 1.165) is 23.8 Å². The molecule has 0 aliphatic heterocycles. The van der Waals surface area contributed by atoms with E-state index in [1.807, 2.05) is 30.3 Å². The SMILES string of the molecule is CN(CCCc1cc(-c2ccccc2)no1)C(=O)c1cc(OCC(F)(F)F)ccc1[N+](=O)[O-]. The number of hydrogen-bond acceptors (Lipinski definition) is 6. The van der Waals surface area contributed by atoms with E-state index in [2.05, 4.69) is 9.89 Å². The molecule has 0 saturated heterocycles. The first-order valence-electron chi connectivity index (χ1n) is 9.88. The monoisotopic (exact) mass is 463 g/mol. The number of nitrogens with zero attached hydrogens (tertiary/aromatic N) is 3. The summed E-state index contributed by atoms with van der Waals surface area (Å²) < 4.78 is 47.1. The van der Waals surface area contributed by atoms with Crippen LogP contribution in [0.3, 0.4) is 0 Å². The molecule has 0 aliphatic rings. The van der Waals surface area contributed by atoms with Gasteiger partial charge in [0, 0.05) is 37.7 Å². The Bertz CT molecular complexity index is 1120. The number of rotatable bonds is 9. The number of carbonyl (C=O) groups is 1. The molecule has 1 aromatic heterocycles. The van der Waals surface area contributed by atoms with Crippen molar-refractivity contribution < 1.29 is 32.1 Å². The van der Waals surface area contributed by atoms with Gasteiger partial charge in [-0.15, -0.1) is 0 Å². The van der Waals surface area contributed by atoms with Crippen molar-refractivity contribution in [3.05, 3.63) is 76.0 Å². The third-order valence-electron chi connectivity index (χ3n) is 4.69. The molecule has 0 saturated carbocycles. The number of ether oxygens (including phenoxy) is 1. The van der Waals surface area contributed by atoms with Crippen molar-refractivity contribution in [3.8, 4) is 17.0 Å². The number of carbonyl (C=O) groups excluding carboxylic acids is 1. The van der Waals surface area contributed by atoms with Gasteiger partial charge >= 0.3 is 6.18 Å². The summed E-state index contributed by atoms with van der Waals surface area (Å²) in [6, 6.07) is 14.2. The highest BCUT2D eigenvalue weighted by molar-refractivity contribution is 5.98. The number of aryl methyl sites for hydroxylation is 1. The number of nitro benzene ring substituents is 1. The Morgan fingerprint density at radius 2 is 1.91 bits per heavy atom. The summed E-state index contributed by atoms with van der Waals surface area (Å²) >= 11 is 0. The van der Waals surface area contributed by atoms with Gasteiger partial charge in [0.05, 0.1) is 4.92 Å². The van der Waals surface area contributed by atoms with E-state index < -0.39 is 29.3 Å². The lowest BCUT2D eigenvalue weighted by atomic mass is 10.1. The van der Waals surface area contributed by atoms with Crippen LogP contribution in [0.5, 0.6) is 5.75 Å². The second-order valence-corrected chi connectivity index (χ2v) is 7.21. The van der Waals surface area contributed by atoms with Crippen molar-refractivity contribution in [2.45, 2.75) is 19.0 Å². The predicted molar refractivity (Wildman–Crippen MR) is 112 cm³/mol. The summed E-state index contributed by atoms with van der Waals surface area (Å²) in [5.74, 6) is -0.380. The third kappa shape index (κ3) is 6.55. The molecular formula is C22H20F3N3O5. The first-order chi connectivity index (χ1) is 15.6. The average Bonchev–Trinajstić information content (AvgIpc) is 3.26. The second-order valence-electron chi connectivity index (χ2n) is 7.21. The van der Waals surface area contributed by atoms with Crippen LogP contribution in [0.25, 0.3) is 11.3 Å². The number of aromatic nitrogens is 1. The standard InChI is InChI=1S/C22H20F3N3O5/c1-27(11-5-8-17-13-19(26-33-17)15-6-3-2-4-7-15)21(29)18-12-16(32-14-22(23,24)25)9-10-20(18)28(30)31/h2-4,6-7,9-10,12-13H,5,8,11,14H2,1H3. The Morgan fingerprint density at radius 1 is 1.18 bits per heavy atom. The quantitative estimate of drug-likeness (QED) is 0.331. The molecule has 1 heterocycles. The fraction of sp³-hybridized carbons (Fsp3) is 0.273. The van der Waals surface area contributed by atoms with Crippen LogP contribution >= 0.6 is 0 Å². The molecule has 11 heteroatoms. The second kappa shape index (κ2) is 10.2. The lowest BCUT2D eigenvalue weighted by Crippen LogP contribution is -2.28. The fourth-order valence-corrected chi connectivity index (χ4v) is 3.07. The van der Waals surface area contributed by atoms with Crippen molar-refractivity contribution in [2.75, 3.05) is 20.2 Å². The van der Waals surface area contributed by atoms with Crippen molar-refractivity contribution >= 4 is 11.6 Å². The molecule has 174 valence electrons. The molecule has 0 fully saturated rings. The summed E-state index contributed by atoms with van der Waals surface area (Å²) in [7, 11) is 1.45. The summed E-state index contributed by atoms with van der Waals surface area (Å²) in [5.41, 5.74) is 0.711. The molecule has 3 rings (SSSR count). The van der Waals surface area contributed by atoms with E-state index in [1.165, 1.54) is 11.9 Å². The maximum Gasteiger partial charge on any atom is 0.422 e. The lowest BCUT2D eigenvalue weighted by molar-refractivity contribution is -0.385. The Kier molecular flexibility index (Phi) is 7.31. The molecule has 33 heavy (non-hydrogen) atoms. The van der Waals surface area contributed by atoms with Gasteiger partial charge in [-0.3, -0.25) is 14.9 Å². The Labute approximate surface area is 186 Å². The molecule has 0 atom stereocenters. The molecule has 0 N–H and O–H groups in total. The zero-order valence-corrected chi connectivity index (χ0v) is 17.5. The largest absolute Gasteiger partial charge is 0.484 e. The Balaban J connectivity index is 1.63. The van der Waals surface area contributed by atoms with Crippen molar-refractivity contribution in [3.63, 3.8) is 0 Å². The molecular weight excluding hydrogens is 443 g/mol. The highest BCUT2D eigenvalue weighted by Crippen LogP contribution is 2.27. The number of nitro groups is 1. The van der Waals surface area contributed by atoms with Crippen LogP contribution in [0.2, 0.25) is 0 Å². The Morgan fingerprint density at radius 3 is 2.58 bits per heavy atom. The maximum absolute atomic E-state index is 12.8. The summed E-state index contributed by atoms with van der Waals surface area (Å²) in [6.45, 7) is -1.35. The van der Waals surface area contributed by atoms with Crippen LogP contribution in [-0.2, 0) is 6.42 Å². The molecule has 0 radical (unpaired) electrons. The number of halogens is 3. The van der Waals surface area contributed by atoms with E-state index in [4.69, 9.17) is 4.52 Å². The highest BCUT2D eigenvalue weighted by atomic mass is 19.4. The van der Waals surface area contributed by atoms with Gasteiger partial charge in [0.2, 0.25) is 0 Å². The lowest BCUT2D eigenvalue weighted by Gasteiger charge is -2.17. The zero-order chi connectivity index (χ0) is 24.0. The maximum atomic E-state index is 12.8. The molecule has 8 nitrogen and oxygen atoms in total. The van der Waals surface area contributed by atoms with Gasteiger partial charge in [-0.1, -0.05) is 35.5 Å². The molecule has 0 spiro atoms. The molecule has 2 aromatic carbocycles. The van der Waals surface area contributed by atoms with Crippen molar-refractivity contribution in [2.24, 2.45) is 0 Å². The minimum absolute atomic E-state index is 0.227. The van der Waals surface area contributed by atoms with Gasteiger partial charge in [0.1, 0.15) is 22.8 Å². The van der Waals surface area contributed by atoms with Crippen LogP contribution in [0.4, 0.5) is 18.9 Å². The van der Waals surface area contributed by atoms with E-state index >= 15 is 0 Å². The third-order valence-corrected chi connectivity index (χ3v) is 4.69. The van der Waals surface area contributed by atoms with Crippen molar-refractivity contribution in [1.29, 1.82) is 0 Å². The smallest absolute Gasteiger partial charge is 0.422 e. The molecule has 0 bridgehead atoms. The first kappa shape index (κ1) is 23.8. The number of amides is 1. The van der Waals surface area contributed by atoms with Crippen LogP contribution in [0.15, 0.2) is 59.1 Å². The summed E-state index contributed by atoms with van der Waals surface area (Å²) in [4.78, 5) is 24.5. The van der Waals surface area contributed by atoms with E-state index in [9.17, 15) is 28.1 Å². The molecule has 0 aliphatic carbocycles. The van der Waals surface area contributed by atoms with Crippen LogP contribution < -0.4 is 4.74 Å². The van der Waals surface area contributed by atoms with Gasteiger partial charge in [-0.25, -0.2) is 0 Å². The minimum Gasteiger partial charge on any atom is -0.484 e. The molecule has 3 aromatic rings. The van der Waals surface area contributed by atoms with Gasteiger partial charge in [0.15, 0.2) is 6.61 Å².